The second kappa shape index (κ2) is 8.07. The van der Waals surface area contributed by atoms with Gasteiger partial charge < -0.3 is 10.2 Å². The first kappa shape index (κ1) is 18.9. The van der Waals surface area contributed by atoms with Crippen LogP contribution in [0, 0.1) is 11.6 Å². The molecule has 2 amide bonds. The highest BCUT2D eigenvalue weighted by Gasteiger charge is 2.13. The molecule has 0 aromatic heterocycles. The minimum atomic E-state index is -0.939. The molecular weight excluding hydrogens is 350 g/mol. The van der Waals surface area contributed by atoms with Crippen LogP contribution in [0.25, 0.3) is 0 Å². The molecule has 0 aliphatic rings. The topological polar surface area (TPSA) is 49.4 Å². The maximum Gasteiger partial charge on any atom is 0.254 e. The standard InChI is InChI=1S/C18H17ClF2N2O2/c1-23(2)18(25)13-6-5-12(10-14(13)19)22-17(24)8-4-11-3-7-15(20)16(21)9-11/h3,5-7,9-10H,4,8H2,1-2H3,(H,22,24). The molecule has 132 valence electrons. The smallest absolute Gasteiger partial charge is 0.254 e. The van der Waals surface area contributed by atoms with Crippen LogP contribution in [0.15, 0.2) is 36.4 Å². The Labute approximate surface area is 149 Å². The molecule has 1 N–H and O–H groups in total. The van der Waals surface area contributed by atoms with E-state index in [1.54, 1.807) is 20.2 Å². The first-order chi connectivity index (χ1) is 11.8. The lowest BCUT2D eigenvalue weighted by Crippen LogP contribution is -2.22. The molecule has 2 rings (SSSR count). The van der Waals surface area contributed by atoms with Crippen molar-refractivity contribution in [2.24, 2.45) is 0 Å². The van der Waals surface area contributed by atoms with Gasteiger partial charge in [-0.1, -0.05) is 17.7 Å². The molecular formula is C18H17ClF2N2O2. The second-order valence-electron chi connectivity index (χ2n) is 5.69. The number of nitrogens with zero attached hydrogens (tertiary/aromatic N) is 1. The van der Waals surface area contributed by atoms with Crippen molar-refractivity contribution in [1.29, 1.82) is 0 Å². The Morgan fingerprint density at radius 2 is 1.80 bits per heavy atom. The maximum absolute atomic E-state index is 13.1. The fourth-order valence-electron chi connectivity index (χ4n) is 2.18. The van der Waals surface area contributed by atoms with E-state index in [9.17, 15) is 18.4 Å². The minimum absolute atomic E-state index is 0.0983. The molecule has 2 aromatic carbocycles. The molecule has 0 saturated heterocycles. The molecule has 25 heavy (non-hydrogen) atoms. The highest BCUT2D eigenvalue weighted by atomic mass is 35.5. The summed E-state index contributed by atoms with van der Waals surface area (Å²) in [6.45, 7) is 0. The number of anilines is 1. The average molecular weight is 367 g/mol. The summed E-state index contributed by atoms with van der Waals surface area (Å²) in [4.78, 5) is 25.3. The van der Waals surface area contributed by atoms with Crippen LogP contribution in [0.1, 0.15) is 22.3 Å². The molecule has 4 nitrogen and oxygen atoms in total. The Morgan fingerprint density at radius 1 is 1.08 bits per heavy atom. The van der Waals surface area contributed by atoms with Crippen LogP contribution in [0.3, 0.4) is 0 Å². The Kier molecular flexibility index (Phi) is 6.09. The van der Waals surface area contributed by atoms with Gasteiger partial charge in [-0.2, -0.15) is 0 Å². The van der Waals surface area contributed by atoms with Crippen LogP contribution in [-0.2, 0) is 11.2 Å². The highest BCUT2D eigenvalue weighted by molar-refractivity contribution is 6.34. The summed E-state index contributed by atoms with van der Waals surface area (Å²) in [7, 11) is 3.24. The summed E-state index contributed by atoms with van der Waals surface area (Å²) in [5.41, 5.74) is 1.32. The average Bonchev–Trinajstić information content (AvgIpc) is 2.55. The van der Waals surface area contributed by atoms with Gasteiger partial charge in [0, 0.05) is 26.2 Å². The number of hydrogen-bond acceptors (Lipinski definition) is 2. The number of benzene rings is 2. The zero-order valence-electron chi connectivity index (χ0n) is 13.8. The fraction of sp³-hybridized carbons (Fsp3) is 0.222. The summed E-state index contributed by atoms with van der Waals surface area (Å²) in [6.07, 6.45) is 0.370. The first-order valence-corrected chi connectivity index (χ1v) is 7.90. The number of hydrogen-bond donors (Lipinski definition) is 1. The van der Waals surface area contributed by atoms with Gasteiger partial charge in [-0.3, -0.25) is 9.59 Å². The van der Waals surface area contributed by atoms with Crippen molar-refractivity contribution in [3.05, 3.63) is 64.2 Å². The molecule has 0 spiro atoms. The van der Waals surface area contributed by atoms with Crippen molar-refractivity contribution in [2.75, 3.05) is 19.4 Å². The van der Waals surface area contributed by atoms with E-state index in [1.807, 2.05) is 0 Å². The van der Waals surface area contributed by atoms with Gasteiger partial charge in [0.05, 0.1) is 10.6 Å². The lowest BCUT2D eigenvalue weighted by atomic mass is 10.1. The zero-order valence-corrected chi connectivity index (χ0v) is 14.5. The number of rotatable bonds is 5. The van der Waals surface area contributed by atoms with Gasteiger partial charge in [0.25, 0.3) is 5.91 Å². The summed E-state index contributed by atoms with van der Waals surface area (Å²) in [5.74, 6) is -2.39. The van der Waals surface area contributed by atoms with Crippen LogP contribution in [0.5, 0.6) is 0 Å². The molecule has 0 aliphatic heterocycles. The number of amides is 2. The van der Waals surface area contributed by atoms with Crippen LogP contribution < -0.4 is 5.32 Å². The van der Waals surface area contributed by atoms with Crippen LogP contribution in [0.4, 0.5) is 14.5 Å². The van der Waals surface area contributed by atoms with Gasteiger partial charge in [-0.15, -0.1) is 0 Å². The SMILES string of the molecule is CN(C)C(=O)c1ccc(NC(=O)CCc2ccc(F)c(F)c2)cc1Cl. The second-order valence-corrected chi connectivity index (χ2v) is 6.10. The van der Waals surface area contributed by atoms with Gasteiger partial charge in [0.1, 0.15) is 0 Å². The third-order valence-electron chi connectivity index (χ3n) is 3.51. The Hall–Kier alpha value is -2.47. The minimum Gasteiger partial charge on any atom is -0.345 e. The third-order valence-corrected chi connectivity index (χ3v) is 3.83. The molecule has 0 atom stereocenters. The van der Waals surface area contributed by atoms with E-state index in [-0.39, 0.29) is 29.7 Å². The molecule has 0 fully saturated rings. The first-order valence-electron chi connectivity index (χ1n) is 7.53. The van der Waals surface area contributed by atoms with Crippen LogP contribution >= 0.6 is 11.6 Å². The van der Waals surface area contributed by atoms with E-state index in [2.05, 4.69) is 5.32 Å². The Balaban J connectivity index is 1.97. The van der Waals surface area contributed by atoms with E-state index in [1.165, 1.54) is 23.1 Å². The lowest BCUT2D eigenvalue weighted by molar-refractivity contribution is -0.116. The Morgan fingerprint density at radius 3 is 2.40 bits per heavy atom. The summed E-state index contributed by atoms with van der Waals surface area (Å²) in [5, 5.41) is 2.89. The monoisotopic (exact) mass is 366 g/mol. The predicted octanol–water partition coefficient (Wildman–Crippen LogP) is 3.89. The number of aryl methyl sites for hydroxylation is 1. The van der Waals surface area contributed by atoms with Crippen molar-refractivity contribution in [1.82, 2.24) is 4.90 Å². The van der Waals surface area contributed by atoms with Gasteiger partial charge in [-0.25, -0.2) is 8.78 Å². The predicted molar refractivity (Wildman–Crippen MR) is 92.8 cm³/mol. The van der Waals surface area contributed by atoms with Crippen molar-refractivity contribution >= 4 is 29.1 Å². The normalized spacial score (nSPS) is 10.4. The van der Waals surface area contributed by atoms with Crippen LogP contribution in [-0.4, -0.2) is 30.8 Å². The molecule has 2 aromatic rings. The largest absolute Gasteiger partial charge is 0.345 e. The van der Waals surface area contributed by atoms with Gasteiger partial charge in [-0.05, 0) is 42.3 Å². The number of carbonyl (C=O) groups excluding carboxylic acids is 2. The van der Waals surface area contributed by atoms with Crippen molar-refractivity contribution < 1.29 is 18.4 Å². The molecule has 0 aliphatic carbocycles. The van der Waals surface area contributed by atoms with Crippen molar-refractivity contribution in [3.8, 4) is 0 Å². The van der Waals surface area contributed by atoms with E-state index in [0.29, 0.717) is 16.8 Å². The molecule has 0 saturated carbocycles. The number of nitrogens with one attached hydrogen (secondary N) is 1. The van der Waals surface area contributed by atoms with E-state index >= 15 is 0 Å². The summed E-state index contributed by atoms with van der Waals surface area (Å²) in [6, 6.07) is 8.15. The van der Waals surface area contributed by atoms with E-state index < -0.39 is 11.6 Å². The van der Waals surface area contributed by atoms with E-state index in [4.69, 9.17) is 11.6 Å². The maximum atomic E-state index is 13.1. The van der Waals surface area contributed by atoms with Gasteiger partial charge >= 0.3 is 0 Å². The third kappa shape index (κ3) is 5.00. The highest BCUT2D eigenvalue weighted by Crippen LogP contribution is 2.22. The lowest BCUT2D eigenvalue weighted by Gasteiger charge is -2.13. The van der Waals surface area contributed by atoms with E-state index in [0.717, 1.165) is 12.1 Å². The van der Waals surface area contributed by atoms with Crippen LogP contribution in [0.2, 0.25) is 5.02 Å². The molecule has 0 radical (unpaired) electrons. The molecule has 0 heterocycles. The van der Waals surface area contributed by atoms with Crippen molar-refractivity contribution in [3.63, 3.8) is 0 Å². The number of halogens is 3. The molecule has 0 bridgehead atoms. The quantitative estimate of drug-likeness (QED) is 0.872. The van der Waals surface area contributed by atoms with Gasteiger partial charge in [0.15, 0.2) is 11.6 Å². The van der Waals surface area contributed by atoms with Gasteiger partial charge in [0.2, 0.25) is 5.91 Å². The molecule has 7 heteroatoms. The molecule has 0 unspecified atom stereocenters. The fourth-order valence-corrected chi connectivity index (χ4v) is 2.45. The van der Waals surface area contributed by atoms with Crippen molar-refractivity contribution in [2.45, 2.75) is 12.8 Å². The number of carbonyl (C=O) groups is 2. The summed E-state index contributed by atoms with van der Waals surface area (Å²) < 4.78 is 26.0. The summed E-state index contributed by atoms with van der Waals surface area (Å²) >= 11 is 6.08. The Bertz CT molecular complexity index is 810. The zero-order chi connectivity index (χ0) is 18.6.